The van der Waals surface area contributed by atoms with E-state index in [0.717, 1.165) is 51.4 Å². The number of esters is 2. The molecule has 0 aliphatic heterocycles. The van der Waals surface area contributed by atoms with Crippen LogP contribution >= 0.6 is 0 Å². The van der Waals surface area contributed by atoms with E-state index < -0.39 is 6.10 Å². The largest absolute Gasteiger partial charge is 0.462 e. The van der Waals surface area contributed by atoms with Crippen molar-refractivity contribution in [2.45, 2.75) is 309 Å². The van der Waals surface area contributed by atoms with Gasteiger partial charge in [0.1, 0.15) is 6.61 Å². The third-order valence-corrected chi connectivity index (χ3v) is 12.7. The van der Waals surface area contributed by atoms with Crippen LogP contribution in [-0.2, 0) is 19.1 Å². The van der Waals surface area contributed by atoms with E-state index in [1.807, 2.05) is 0 Å². The van der Waals surface area contributed by atoms with Crippen LogP contribution in [-0.4, -0.2) is 36.4 Å². The highest BCUT2D eigenvalue weighted by molar-refractivity contribution is 5.70. The molecular formula is C58H108O5. The first-order valence-electron chi connectivity index (χ1n) is 28.0. The molecule has 0 radical (unpaired) electrons. The van der Waals surface area contributed by atoms with Crippen LogP contribution in [0.2, 0.25) is 0 Å². The van der Waals surface area contributed by atoms with Gasteiger partial charge in [0, 0.05) is 12.8 Å². The predicted molar refractivity (Wildman–Crippen MR) is 274 cm³/mol. The molecule has 0 spiro atoms. The lowest BCUT2D eigenvalue weighted by atomic mass is 10.0. The third-order valence-electron chi connectivity index (χ3n) is 12.7. The molecule has 1 atom stereocenters. The Morgan fingerprint density at radius 2 is 0.635 bits per heavy atom. The van der Waals surface area contributed by atoms with Crippen molar-refractivity contribution in [1.29, 1.82) is 0 Å². The lowest BCUT2D eigenvalue weighted by Gasteiger charge is -2.15. The van der Waals surface area contributed by atoms with Crippen molar-refractivity contribution < 1.29 is 24.2 Å². The summed E-state index contributed by atoms with van der Waals surface area (Å²) in [5.74, 6) is -0.588. The Kier molecular flexibility index (Phi) is 52.8. The molecule has 0 fully saturated rings. The summed E-state index contributed by atoms with van der Waals surface area (Å²) in [7, 11) is 0. The average Bonchev–Trinajstić information content (AvgIpc) is 3.29. The van der Waals surface area contributed by atoms with Crippen LogP contribution in [0.4, 0.5) is 0 Å². The number of carbonyl (C=O) groups excluding carboxylic acids is 2. The zero-order chi connectivity index (χ0) is 45.6. The van der Waals surface area contributed by atoms with E-state index >= 15 is 0 Å². The summed E-state index contributed by atoms with van der Waals surface area (Å²) >= 11 is 0. The van der Waals surface area contributed by atoms with Gasteiger partial charge in [-0.05, 0) is 70.6 Å². The fourth-order valence-electron chi connectivity index (χ4n) is 8.41. The Hall–Kier alpha value is -1.88. The maximum absolute atomic E-state index is 12.3. The topological polar surface area (TPSA) is 72.8 Å². The quantitative estimate of drug-likeness (QED) is 0.0374. The molecule has 0 aromatic carbocycles. The summed E-state index contributed by atoms with van der Waals surface area (Å²) in [6.07, 6.45) is 70.0. The molecular weight excluding hydrogens is 777 g/mol. The van der Waals surface area contributed by atoms with Crippen LogP contribution in [0.1, 0.15) is 303 Å². The van der Waals surface area contributed by atoms with Crippen LogP contribution in [0.15, 0.2) is 36.5 Å². The van der Waals surface area contributed by atoms with Crippen molar-refractivity contribution in [3.05, 3.63) is 36.5 Å². The van der Waals surface area contributed by atoms with E-state index in [9.17, 15) is 14.7 Å². The molecule has 0 rings (SSSR count). The van der Waals surface area contributed by atoms with E-state index in [2.05, 4.69) is 50.3 Å². The smallest absolute Gasteiger partial charge is 0.306 e. The minimum absolute atomic E-state index is 0.0658. The average molecular weight is 885 g/mol. The number of carbonyl (C=O) groups is 2. The highest BCUT2D eigenvalue weighted by Gasteiger charge is 2.16. The van der Waals surface area contributed by atoms with Crippen molar-refractivity contribution in [1.82, 2.24) is 0 Å². The first-order chi connectivity index (χ1) is 31.1. The number of aliphatic hydroxyl groups excluding tert-OH is 1. The zero-order valence-corrected chi connectivity index (χ0v) is 42.4. The van der Waals surface area contributed by atoms with Gasteiger partial charge >= 0.3 is 11.9 Å². The Bertz CT molecular complexity index is 1000. The number of aliphatic hydroxyl groups is 1. The highest BCUT2D eigenvalue weighted by Crippen LogP contribution is 2.17. The van der Waals surface area contributed by atoms with Crippen LogP contribution in [0.5, 0.6) is 0 Å². The second-order valence-electron chi connectivity index (χ2n) is 19.0. The van der Waals surface area contributed by atoms with Crippen LogP contribution in [0.25, 0.3) is 0 Å². The standard InChI is InChI=1S/C58H108O5/c1-3-5-7-9-11-13-15-17-18-19-20-21-22-23-24-25-26-27-28-29-30-31-32-33-34-35-36-37-38-39-40-41-43-45-47-49-51-53-58(61)63-56(54-59)55-62-57(60)52-50-48-46-44-42-16-14-12-10-8-6-4-2/h12,14-15,17,19-20,56,59H,3-11,13,16,18,21-55H2,1-2H3/b14-12-,17-15-,20-19-. The normalized spacial score (nSPS) is 12.4. The van der Waals surface area contributed by atoms with E-state index in [-0.39, 0.29) is 25.2 Å². The summed E-state index contributed by atoms with van der Waals surface area (Å²) in [6, 6.07) is 0. The molecule has 1 unspecified atom stereocenters. The number of hydrogen-bond acceptors (Lipinski definition) is 5. The van der Waals surface area contributed by atoms with E-state index in [1.54, 1.807) is 0 Å². The third kappa shape index (κ3) is 52.6. The maximum Gasteiger partial charge on any atom is 0.306 e. The van der Waals surface area contributed by atoms with Gasteiger partial charge in [-0.15, -0.1) is 0 Å². The van der Waals surface area contributed by atoms with Crippen LogP contribution < -0.4 is 0 Å². The molecule has 0 saturated heterocycles. The molecule has 1 N–H and O–H groups in total. The van der Waals surface area contributed by atoms with Crippen molar-refractivity contribution in [2.24, 2.45) is 0 Å². The fourth-order valence-corrected chi connectivity index (χ4v) is 8.41. The van der Waals surface area contributed by atoms with E-state index in [0.29, 0.717) is 12.8 Å². The fraction of sp³-hybridized carbons (Fsp3) is 0.862. The Morgan fingerprint density at radius 3 is 0.984 bits per heavy atom. The lowest BCUT2D eigenvalue weighted by Crippen LogP contribution is -2.28. The SMILES string of the molecule is CCCCC/C=C\CCCCCCCC(=O)OCC(CO)OC(=O)CCCCCCCCCCCCCCCCCCCCCCCCCCC/C=C\C/C=C\CCCCCCC. The molecule has 0 saturated carbocycles. The molecule has 0 aliphatic rings. The molecule has 0 aromatic heterocycles. The predicted octanol–water partition coefficient (Wildman–Crippen LogP) is 18.7. The second kappa shape index (κ2) is 54.5. The van der Waals surface area contributed by atoms with E-state index in [1.165, 1.54) is 225 Å². The summed E-state index contributed by atoms with van der Waals surface area (Å²) in [6.45, 7) is 4.12. The summed E-state index contributed by atoms with van der Waals surface area (Å²) in [5, 5.41) is 9.60. The Labute approximate surface area is 393 Å². The van der Waals surface area contributed by atoms with Crippen molar-refractivity contribution in [2.75, 3.05) is 13.2 Å². The van der Waals surface area contributed by atoms with Gasteiger partial charge < -0.3 is 14.6 Å². The van der Waals surface area contributed by atoms with Crippen molar-refractivity contribution in [3.63, 3.8) is 0 Å². The highest BCUT2D eigenvalue weighted by atomic mass is 16.6. The van der Waals surface area contributed by atoms with Gasteiger partial charge in [0.25, 0.3) is 0 Å². The van der Waals surface area contributed by atoms with Crippen LogP contribution in [0.3, 0.4) is 0 Å². The Balaban J connectivity index is 3.36. The molecule has 0 amide bonds. The zero-order valence-electron chi connectivity index (χ0n) is 42.4. The van der Waals surface area contributed by atoms with Gasteiger partial charge in [-0.3, -0.25) is 9.59 Å². The number of rotatable bonds is 52. The lowest BCUT2D eigenvalue weighted by molar-refractivity contribution is -0.161. The van der Waals surface area contributed by atoms with Crippen molar-refractivity contribution in [3.8, 4) is 0 Å². The molecule has 63 heavy (non-hydrogen) atoms. The van der Waals surface area contributed by atoms with Gasteiger partial charge in [-0.25, -0.2) is 0 Å². The second-order valence-corrected chi connectivity index (χ2v) is 19.0. The van der Waals surface area contributed by atoms with E-state index in [4.69, 9.17) is 9.47 Å². The minimum Gasteiger partial charge on any atom is -0.462 e. The molecule has 5 nitrogen and oxygen atoms in total. The molecule has 5 heteroatoms. The van der Waals surface area contributed by atoms with Crippen LogP contribution in [0, 0.1) is 0 Å². The molecule has 0 aliphatic carbocycles. The number of unbranched alkanes of at least 4 members (excludes halogenated alkanes) is 38. The van der Waals surface area contributed by atoms with Gasteiger partial charge in [-0.2, -0.15) is 0 Å². The molecule has 0 aromatic rings. The van der Waals surface area contributed by atoms with Gasteiger partial charge in [0.05, 0.1) is 6.61 Å². The van der Waals surface area contributed by atoms with Gasteiger partial charge in [0.2, 0.25) is 0 Å². The minimum atomic E-state index is -0.771. The van der Waals surface area contributed by atoms with Gasteiger partial charge in [0.15, 0.2) is 6.10 Å². The van der Waals surface area contributed by atoms with Gasteiger partial charge in [-0.1, -0.05) is 256 Å². The summed E-state index contributed by atoms with van der Waals surface area (Å²) in [4.78, 5) is 24.4. The number of ether oxygens (including phenoxy) is 2. The van der Waals surface area contributed by atoms with Crippen molar-refractivity contribution >= 4 is 11.9 Å². The number of allylic oxidation sites excluding steroid dienone is 6. The Morgan fingerprint density at radius 1 is 0.365 bits per heavy atom. The molecule has 370 valence electrons. The monoisotopic (exact) mass is 885 g/mol. The summed E-state index contributed by atoms with van der Waals surface area (Å²) in [5.41, 5.74) is 0. The molecule has 0 heterocycles. The summed E-state index contributed by atoms with van der Waals surface area (Å²) < 4.78 is 10.7. The molecule has 0 bridgehead atoms. The first-order valence-corrected chi connectivity index (χ1v) is 28.0. The first kappa shape index (κ1) is 61.1. The number of hydrogen-bond donors (Lipinski definition) is 1. The maximum atomic E-state index is 12.3.